The van der Waals surface area contributed by atoms with Crippen molar-refractivity contribution in [2.24, 2.45) is 29.6 Å². The fourth-order valence-corrected chi connectivity index (χ4v) is 7.29. The van der Waals surface area contributed by atoms with Crippen molar-refractivity contribution in [3.05, 3.63) is 53.1 Å². The summed E-state index contributed by atoms with van der Waals surface area (Å²) in [5.41, 5.74) is 2.07. The molecular weight excluding hydrogens is 422 g/mol. The smallest absolute Gasteiger partial charge is 0.166 e. The van der Waals surface area contributed by atoms with Crippen LogP contribution in [0.4, 0.5) is 8.78 Å². The van der Waals surface area contributed by atoms with Crippen LogP contribution in [0, 0.1) is 41.2 Å². The van der Waals surface area contributed by atoms with Gasteiger partial charge < -0.3 is 0 Å². The third-order valence-corrected chi connectivity index (χ3v) is 9.44. The lowest BCUT2D eigenvalue weighted by atomic mass is 9.66. The van der Waals surface area contributed by atoms with Crippen LogP contribution in [0.3, 0.4) is 0 Å². The quantitative estimate of drug-likeness (QED) is 0.263. The van der Waals surface area contributed by atoms with Crippen LogP contribution in [0.2, 0.25) is 0 Å². The largest absolute Gasteiger partial charge is 0.203 e. The van der Waals surface area contributed by atoms with Gasteiger partial charge in [0, 0.05) is 5.56 Å². The molecule has 3 aliphatic carbocycles. The number of unbranched alkanes of at least 4 members (excludes halogenated alkanes) is 2. The first-order valence-corrected chi connectivity index (χ1v) is 14.4. The number of aryl methyl sites for hydroxylation is 1. The Morgan fingerprint density at radius 1 is 0.794 bits per heavy atom. The van der Waals surface area contributed by atoms with E-state index in [1.165, 1.54) is 51.4 Å². The van der Waals surface area contributed by atoms with Gasteiger partial charge in [-0.1, -0.05) is 50.1 Å². The fraction of sp³-hybridized carbons (Fsp3) is 0.688. The van der Waals surface area contributed by atoms with Crippen molar-refractivity contribution in [3.63, 3.8) is 0 Å². The Morgan fingerprint density at radius 3 is 2.03 bits per heavy atom. The third-order valence-electron chi connectivity index (χ3n) is 9.44. The Labute approximate surface area is 207 Å². The molecule has 1 aromatic rings. The zero-order valence-corrected chi connectivity index (χ0v) is 21.6. The normalized spacial score (nSPS) is 30.5. The first-order chi connectivity index (χ1) is 16.6. The summed E-state index contributed by atoms with van der Waals surface area (Å²) >= 11 is 0. The fourth-order valence-electron chi connectivity index (χ4n) is 7.29. The molecule has 2 fully saturated rings. The molecular formula is C32H46F2. The maximum absolute atomic E-state index is 14.9. The molecule has 2 heteroatoms. The molecule has 0 amide bonds. The number of benzene rings is 1. The van der Waals surface area contributed by atoms with Gasteiger partial charge in [0.1, 0.15) is 0 Å². The van der Waals surface area contributed by atoms with Crippen molar-refractivity contribution in [1.82, 2.24) is 0 Å². The molecule has 0 radical (unpaired) electrons. The Kier molecular flexibility index (Phi) is 9.43. The van der Waals surface area contributed by atoms with Gasteiger partial charge in [-0.15, -0.1) is 0 Å². The van der Waals surface area contributed by atoms with Gasteiger partial charge in [-0.25, -0.2) is 8.78 Å². The van der Waals surface area contributed by atoms with Gasteiger partial charge in [0.05, 0.1) is 0 Å². The lowest BCUT2D eigenvalue weighted by molar-refractivity contribution is 0.128. The molecule has 1 unspecified atom stereocenters. The van der Waals surface area contributed by atoms with E-state index in [1.807, 2.05) is 12.1 Å². The van der Waals surface area contributed by atoms with E-state index in [-0.39, 0.29) is 0 Å². The minimum absolute atomic E-state index is 0.507. The molecule has 0 saturated heterocycles. The van der Waals surface area contributed by atoms with Crippen LogP contribution in [0.1, 0.15) is 115 Å². The topological polar surface area (TPSA) is 0 Å². The maximum Gasteiger partial charge on any atom is 0.166 e. The highest BCUT2D eigenvalue weighted by atomic mass is 19.2. The van der Waals surface area contributed by atoms with E-state index >= 15 is 0 Å². The van der Waals surface area contributed by atoms with E-state index in [0.29, 0.717) is 17.5 Å². The zero-order chi connectivity index (χ0) is 23.9. The highest BCUT2D eigenvalue weighted by molar-refractivity contribution is 5.67. The molecule has 1 aromatic carbocycles. The highest BCUT2D eigenvalue weighted by Crippen LogP contribution is 2.46. The summed E-state index contributed by atoms with van der Waals surface area (Å²) in [6.07, 6.45) is 24.9. The molecule has 0 heterocycles. The second-order valence-electron chi connectivity index (χ2n) is 11.5. The Morgan fingerprint density at radius 2 is 1.44 bits per heavy atom. The zero-order valence-electron chi connectivity index (χ0n) is 21.6. The third kappa shape index (κ3) is 6.21. The van der Waals surface area contributed by atoms with E-state index in [0.717, 1.165) is 73.7 Å². The van der Waals surface area contributed by atoms with Gasteiger partial charge in [0.15, 0.2) is 11.6 Å². The van der Waals surface area contributed by atoms with Crippen LogP contribution in [0.15, 0.2) is 30.4 Å². The van der Waals surface area contributed by atoms with Gasteiger partial charge in [0.2, 0.25) is 0 Å². The molecule has 2 saturated carbocycles. The lowest BCUT2D eigenvalue weighted by Crippen LogP contribution is -2.28. The number of rotatable bonds is 8. The van der Waals surface area contributed by atoms with E-state index in [4.69, 9.17) is 0 Å². The van der Waals surface area contributed by atoms with Crippen LogP contribution in [-0.2, 0) is 6.42 Å². The van der Waals surface area contributed by atoms with Gasteiger partial charge in [-0.05, 0) is 131 Å². The van der Waals surface area contributed by atoms with E-state index in [1.54, 1.807) is 0 Å². The van der Waals surface area contributed by atoms with Crippen molar-refractivity contribution in [1.29, 1.82) is 0 Å². The van der Waals surface area contributed by atoms with Crippen LogP contribution in [0.25, 0.3) is 5.57 Å². The second-order valence-corrected chi connectivity index (χ2v) is 11.5. The summed E-state index contributed by atoms with van der Waals surface area (Å²) in [5.74, 6) is 3.07. The summed E-state index contributed by atoms with van der Waals surface area (Å²) in [6.45, 7) is 4.28. The maximum atomic E-state index is 14.9. The molecule has 0 N–H and O–H groups in total. The lowest BCUT2D eigenvalue weighted by Gasteiger charge is -2.40. The minimum atomic E-state index is -0.622. The Bertz CT molecular complexity index is 835. The SMILES string of the molecule is CC=CC1CCC(C2CCC(C3CC=C(c4ccc(CCCCC)c(F)c4F)CC3)CC2)CC1. The Hall–Kier alpha value is -1.44. The molecule has 34 heavy (non-hydrogen) atoms. The molecule has 188 valence electrons. The first kappa shape index (κ1) is 25.6. The molecule has 1 atom stereocenters. The van der Waals surface area contributed by atoms with Gasteiger partial charge in [-0.2, -0.15) is 0 Å². The van der Waals surface area contributed by atoms with Crippen molar-refractivity contribution >= 4 is 5.57 Å². The Balaban J connectivity index is 1.27. The summed E-state index contributed by atoms with van der Waals surface area (Å²) in [5, 5.41) is 0. The number of hydrogen-bond donors (Lipinski definition) is 0. The van der Waals surface area contributed by atoms with Gasteiger partial charge in [0.25, 0.3) is 0 Å². The summed E-state index contributed by atoms with van der Waals surface area (Å²) in [6, 6.07) is 3.66. The molecule has 0 nitrogen and oxygen atoms in total. The summed E-state index contributed by atoms with van der Waals surface area (Å²) in [4.78, 5) is 0. The van der Waals surface area contributed by atoms with E-state index in [9.17, 15) is 8.78 Å². The van der Waals surface area contributed by atoms with E-state index < -0.39 is 11.6 Å². The molecule has 0 aromatic heterocycles. The molecule has 4 rings (SSSR count). The number of allylic oxidation sites excluding steroid dienone is 4. The number of halogens is 2. The van der Waals surface area contributed by atoms with Crippen LogP contribution in [0.5, 0.6) is 0 Å². The monoisotopic (exact) mass is 468 g/mol. The van der Waals surface area contributed by atoms with Crippen molar-refractivity contribution in [2.75, 3.05) is 0 Å². The van der Waals surface area contributed by atoms with Crippen molar-refractivity contribution < 1.29 is 8.78 Å². The highest BCUT2D eigenvalue weighted by Gasteiger charge is 2.33. The predicted octanol–water partition coefficient (Wildman–Crippen LogP) is 10.1. The molecule has 3 aliphatic rings. The summed E-state index contributed by atoms with van der Waals surface area (Å²) in [7, 11) is 0. The molecule has 0 aliphatic heterocycles. The van der Waals surface area contributed by atoms with Crippen LogP contribution >= 0.6 is 0 Å². The predicted molar refractivity (Wildman–Crippen MR) is 141 cm³/mol. The van der Waals surface area contributed by atoms with Gasteiger partial charge >= 0.3 is 0 Å². The van der Waals surface area contributed by atoms with Crippen molar-refractivity contribution in [2.45, 2.75) is 110 Å². The number of hydrogen-bond acceptors (Lipinski definition) is 0. The average Bonchev–Trinajstić information content (AvgIpc) is 2.88. The second kappa shape index (κ2) is 12.5. The van der Waals surface area contributed by atoms with Crippen LogP contribution in [-0.4, -0.2) is 0 Å². The van der Waals surface area contributed by atoms with Crippen molar-refractivity contribution in [3.8, 4) is 0 Å². The minimum Gasteiger partial charge on any atom is -0.203 e. The van der Waals surface area contributed by atoms with Gasteiger partial charge in [-0.3, -0.25) is 0 Å². The first-order valence-electron chi connectivity index (χ1n) is 14.4. The van der Waals surface area contributed by atoms with Crippen LogP contribution < -0.4 is 0 Å². The standard InChI is InChI=1S/C32H46F2/c1-3-5-6-8-29-21-22-30(32(34)31(29)33)28-19-17-27(18-20-28)26-15-13-25(14-16-26)24-11-9-23(7-4-2)10-12-24/h4,7,19,21-27H,3,5-6,8-18,20H2,1-2H3. The average molecular weight is 469 g/mol. The van der Waals surface area contributed by atoms with E-state index in [2.05, 4.69) is 32.1 Å². The molecule has 0 spiro atoms. The summed E-state index contributed by atoms with van der Waals surface area (Å²) < 4.78 is 29.5. The molecule has 0 bridgehead atoms.